The Kier molecular flexibility index (Phi) is 5.79. The zero-order valence-electron chi connectivity index (χ0n) is 11.9. The van der Waals surface area contributed by atoms with Crippen molar-refractivity contribution in [2.45, 2.75) is 71.4 Å². The lowest BCUT2D eigenvalue weighted by Gasteiger charge is -2.28. The first-order valence-corrected chi connectivity index (χ1v) is 7.06. The molecule has 0 aliphatic heterocycles. The smallest absolute Gasteiger partial charge is 0.191 e. The van der Waals surface area contributed by atoms with Crippen LogP contribution in [0.15, 0.2) is 4.99 Å². The highest BCUT2D eigenvalue weighted by molar-refractivity contribution is 5.78. The minimum atomic E-state index is 0.470. The Balaban J connectivity index is 2.48. The maximum Gasteiger partial charge on any atom is 0.191 e. The number of hydrogen-bond donors (Lipinski definition) is 1. The number of guanidine groups is 1. The summed E-state index contributed by atoms with van der Waals surface area (Å²) in [5.41, 5.74) is 6.10. The summed E-state index contributed by atoms with van der Waals surface area (Å²) in [4.78, 5) is 6.82. The average molecular weight is 239 g/mol. The predicted octanol–water partition coefficient (Wildman–Crippen LogP) is 3.00. The van der Waals surface area contributed by atoms with E-state index in [0.717, 1.165) is 12.4 Å². The summed E-state index contributed by atoms with van der Waals surface area (Å²) in [5, 5.41) is 0. The van der Waals surface area contributed by atoms with E-state index in [-0.39, 0.29) is 0 Å². The van der Waals surface area contributed by atoms with E-state index < -0.39 is 0 Å². The number of nitrogens with two attached hydrogens (primary N) is 1. The molecule has 1 unspecified atom stereocenters. The zero-order chi connectivity index (χ0) is 12.8. The fourth-order valence-corrected chi connectivity index (χ4v) is 2.55. The monoisotopic (exact) mass is 239 g/mol. The third-order valence-corrected chi connectivity index (χ3v) is 3.72. The van der Waals surface area contributed by atoms with Crippen LogP contribution in [0.1, 0.15) is 59.3 Å². The molecule has 3 heteroatoms. The van der Waals surface area contributed by atoms with Crippen LogP contribution in [0.5, 0.6) is 0 Å². The van der Waals surface area contributed by atoms with Gasteiger partial charge in [0.2, 0.25) is 0 Å². The Morgan fingerprint density at radius 3 is 2.35 bits per heavy atom. The molecule has 100 valence electrons. The molecule has 1 fully saturated rings. The van der Waals surface area contributed by atoms with Gasteiger partial charge in [-0.3, -0.25) is 0 Å². The minimum Gasteiger partial charge on any atom is -0.370 e. The van der Waals surface area contributed by atoms with Crippen LogP contribution in [0.4, 0.5) is 0 Å². The molecular weight excluding hydrogens is 210 g/mol. The quantitative estimate of drug-likeness (QED) is 0.605. The van der Waals surface area contributed by atoms with Gasteiger partial charge in [-0.1, -0.05) is 33.1 Å². The SMILES string of the molecule is CC(C)CC(C)N(C)C(N)=NC1CCCCC1. The molecule has 0 bridgehead atoms. The Labute approximate surface area is 106 Å². The molecule has 1 saturated carbocycles. The second-order valence-corrected chi connectivity index (χ2v) is 5.87. The van der Waals surface area contributed by atoms with Crippen molar-refractivity contribution in [1.82, 2.24) is 4.90 Å². The van der Waals surface area contributed by atoms with Crippen LogP contribution < -0.4 is 5.73 Å². The predicted molar refractivity (Wildman–Crippen MR) is 75.2 cm³/mol. The summed E-state index contributed by atoms with van der Waals surface area (Å²) < 4.78 is 0. The van der Waals surface area contributed by atoms with Crippen LogP contribution in [0.3, 0.4) is 0 Å². The molecule has 0 aromatic carbocycles. The molecule has 1 atom stereocenters. The highest BCUT2D eigenvalue weighted by Crippen LogP contribution is 2.20. The molecule has 2 N–H and O–H groups in total. The van der Waals surface area contributed by atoms with Crippen molar-refractivity contribution in [1.29, 1.82) is 0 Å². The van der Waals surface area contributed by atoms with Crippen LogP contribution in [-0.2, 0) is 0 Å². The van der Waals surface area contributed by atoms with E-state index in [1.54, 1.807) is 0 Å². The summed E-state index contributed by atoms with van der Waals surface area (Å²) >= 11 is 0. The molecule has 0 aromatic rings. The van der Waals surface area contributed by atoms with Gasteiger partial charge in [0.1, 0.15) is 0 Å². The second-order valence-electron chi connectivity index (χ2n) is 5.87. The lowest BCUT2D eigenvalue weighted by molar-refractivity contribution is 0.325. The first kappa shape index (κ1) is 14.3. The number of nitrogens with zero attached hydrogens (tertiary/aromatic N) is 2. The van der Waals surface area contributed by atoms with E-state index in [0.29, 0.717) is 18.0 Å². The topological polar surface area (TPSA) is 41.6 Å². The Morgan fingerprint density at radius 2 is 1.82 bits per heavy atom. The van der Waals surface area contributed by atoms with Crippen molar-refractivity contribution >= 4 is 5.96 Å². The Morgan fingerprint density at radius 1 is 1.24 bits per heavy atom. The van der Waals surface area contributed by atoms with Crippen LogP contribution >= 0.6 is 0 Å². The van der Waals surface area contributed by atoms with Gasteiger partial charge < -0.3 is 10.6 Å². The minimum absolute atomic E-state index is 0.470. The maximum absolute atomic E-state index is 6.10. The van der Waals surface area contributed by atoms with Crippen molar-refractivity contribution in [2.24, 2.45) is 16.6 Å². The van der Waals surface area contributed by atoms with E-state index >= 15 is 0 Å². The van der Waals surface area contributed by atoms with Crippen molar-refractivity contribution in [3.05, 3.63) is 0 Å². The van der Waals surface area contributed by atoms with Gasteiger partial charge in [0, 0.05) is 13.1 Å². The lowest BCUT2D eigenvalue weighted by Crippen LogP contribution is -2.41. The number of aliphatic imine (C=N–C) groups is 1. The van der Waals surface area contributed by atoms with Crippen LogP contribution in [0.25, 0.3) is 0 Å². The first-order valence-electron chi connectivity index (χ1n) is 7.06. The van der Waals surface area contributed by atoms with Crippen molar-refractivity contribution in [3.8, 4) is 0 Å². The van der Waals surface area contributed by atoms with Gasteiger partial charge in [-0.05, 0) is 32.1 Å². The van der Waals surface area contributed by atoms with Gasteiger partial charge >= 0.3 is 0 Å². The van der Waals surface area contributed by atoms with E-state index in [1.165, 1.54) is 32.1 Å². The third-order valence-electron chi connectivity index (χ3n) is 3.72. The number of rotatable bonds is 4. The fourth-order valence-electron chi connectivity index (χ4n) is 2.55. The highest BCUT2D eigenvalue weighted by Gasteiger charge is 2.16. The van der Waals surface area contributed by atoms with E-state index in [2.05, 4.69) is 37.7 Å². The molecule has 0 amide bonds. The molecule has 0 saturated heterocycles. The molecule has 1 aliphatic rings. The van der Waals surface area contributed by atoms with E-state index in [1.807, 2.05) is 0 Å². The van der Waals surface area contributed by atoms with Gasteiger partial charge in [0.15, 0.2) is 5.96 Å². The largest absolute Gasteiger partial charge is 0.370 e. The lowest BCUT2D eigenvalue weighted by atomic mass is 9.96. The standard InChI is InChI=1S/C14H29N3/c1-11(2)10-12(3)17(4)14(15)16-13-8-6-5-7-9-13/h11-13H,5-10H2,1-4H3,(H2,15,16). The maximum atomic E-state index is 6.10. The molecule has 17 heavy (non-hydrogen) atoms. The molecule has 0 aromatic heterocycles. The van der Waals surface area contributed by atoms with Crippen LogP contribution in [0, 0.1) is 5.92 Å². The van der Waals surface area contributed by atoms with E-state index in [9.17, 15) is 0 Å². The molecule has 3 nitrogen and oxygen atoms in total. The van der Waals surface area contributed by atoms with Crippen molar-refractivity contribution < 1.29 is 0 Å². The summed E-state index contributed by atoms with van der Waals surface area (Å²) in [6, 6.07) is 0.944. The van der Waals surface area contributed by atoms with Gasteiger partial charge in [0.05, 0.1) is 6.04 Å². The third kappa shape index (κ3) is 4.97. The van der Waals surface area contributed by atoms with Gasteiger partial charge in [-0.25, -0.2) is 4.99 Å². The van der Waals surface area contributed by atoms with Gasteiger partial charge in [-0.2, -0.15) is 0 Å². The Bertz CT molecular complexity index is 242. The van der Waals surface area contributed by atoms with Crippen molar-refractivity contribution in [3.63, 3.8) is 0 Å². The summed E-state index contributed by atoms with van der Waals surface area (Å²) in [6.45, 7) is 6.72. The van der Waals surface area contributed by atoms with Gasteiger partial charge in [0.25, 0.3) is 0 Å². The van der Waals surface area contributed by atoms with Gasteiger partial charge in [-0.15, -0.1) is 0 Å². The molecular formula is C14H29N3. The first-order chi connectivity index (χ1) is 8.00. The van der Waals surface area contributed by atoms with Crippen molar-refractivity contribution in [2.75, 3.05) is 7.05 Å². The summed E-state index contributed by atoms with van der Waals surface area (Å²) in [5.74, 6) is 1.43. The number of hydrogen-bond acceptors (Lipinski definition) is 1. The molecule has 0 heterocycles. The van der Waals surface area contributed by atoms with Crippen LogP contribution in [0.2, 0.25) is 0 Å². The molecule has 1 rings (SSSR count). The second kappa shape index (κ2) is 6.87. The summed E-state index contributed by atoms with van der Waals surface area (Å²) in [6.07, 6.45) is 7.59. The van der Waals surface area contributed by atoms with E-state index in [4.69, 9.17) is 5.73 Å². The zero-order valence-corrected chi connectivity index (χ0v) is 11.9. The molecule has 0 spiro atoms. The summed E-state index contributed by atoms with van der Waals surface area (Å²) in [7, 11) is 2.06. The fraction of sp³-hybridized carbons (Fsp3) is 0.929. The molecule has 1 aliphatic carbocycles. The molecule has 0 radical (unpaired) electrons. The normalized spacial score (nSPS) is 20.6. The average Bonchev–Trinajstić information content (AvgIpc) is 2.28. The highest BCUT2D eigenvalue weighted by atomic mass is 15.3. The van der Waals surface area contributed by atoms with Crippen LogP contribution in [-0.4, -0.2) is 30.0 Å². The Hall–Kier alpha value is -0.730.